The second-order valence-electron chi connectivity index (χ2n) is 6.49. The highest BCUT2D eigenvalue weighted by Gasteiger charge is 2.19. The van der Waals surface area contributed by atoms with Gasteiger partial charge >= 0.3 is 11.9 Å². The maximum Gasteiger partial charge on any atom is 0.331 e. The lowest BCUT2D eigenvalue weighted by Gasteiger charge is -2.13. The minimum atomic E-state index is -1.13. The van der Waals surface area contributed by atoms with Crippen LogP contribution in [0.25, 0.3) is 0 Å². The summed E-state index contributed by atoms with van der Waals surface area (Å²) in [4.78, 5) is 47.9. The summed E-state index contributed by atoms with van der Waals surface area (Å²) in [6.07, 6.45) is -0.672. The molecule has 0 heterocycles. The molecule has 8 nitrogen and oxygen atoms in total. The van der Waals surface area contributed by atoms with Gasteiger partial charge in [-0.25, -0.2) is 9.59 Å². The van der Waals surface area contributed by atoms with Crippen LogP contribution < -0.4 is 10.6 Å². The third kappa shape index (κ3) is 8.41. The summed E-state index contributed by atoms with van der Waals surface area (Å²) in [5.74, 6) is -3.04. The number of rotatable bonds is 8. The molecule has 2 aromatic carbocycles. The highest BCUT2D eigenvalue weighted by Crippen LogP contribution is 2.16. The second-order valence-corrected chi connectivity index (χ2v) is 7.36. The smallest absolute Gasteiger partial charge is 0.331 e. The number of halogens is 2. The zero-order chi connectivity index (χ0) is 23.7. The van der Waals surface area contributed by atoms with E-state index in [2.05, 4.69) is 10.6 Å². The van der Waals surface area contributed by atoms with E-state index in [9.17, 15) is 19.2 Å². The summed E-state index contributed by atoms with van der Waals surface area (Å²) in [7, 11) is 0. The molecule has 0 bridgehead atoms. The lowest BCUT2D eigenvalue weighted by atomic mass is 10.3. The van der Waals surface area contributed by atoms with Gasteiger partial charge in [-0.3, -0.25) is 9.59 Å². The highest BCUT2D eigenvalue weighted by atomic mass is 35.5. The number of ether oxygens (including phenoxy) is 2. The summed E-state index contributed by atoms with van der Waals surface area (Å²) in [6, 6.07) is 12.9. The van der Waals surface area contributed by atoms with Crippen LogP contribution in [0, 0.1) is 0 Å². The molecule has 2 amide bonds. The van der Waals surface area contributed by atoms with Gasteiger partial charge in [0.2, 0.25) is 0 Å². The summed E-state index contributed by atoms with van der Waals surface area (Å²) in [5.41, 5.74) is 0.879. The predicted octanol–water partition coefficient (Wildman–Crippen LogP) is 3.99. The Labute approximate surface area is 194 Å². The van der Waals surface area contributed by atoms with Gasteiger partial charge in [0.1, 0.15) is 0 Å². The number of anilines is 2. The number of esters is 2. The molecular formula is C22H20Cl2N2O6. The van der Waals surface area contributed by atoms with Crippen LogP contribution >= 0.6 is 23.2 Å². The van der Waals surface area contributed by atoms with Crippen LogP contribution in [-0.4, -0.2) is 36.0 Å². The number of benzene rings is 2. The van der Waals surface area contributed by atoms with Gasteiger partial charge in [0.25, 0.3) is 11.8 Å². The SMILES string of the molecule is CC(OC(=O)/C=C/C(=O)OC(C)C(=O)Nc1cccc(Cl)c1)C(=O)Nc1cccc(Cl)c1. The fourth-order valence-electron chi connectivity index (χ4n) is 2.29. The van der Waals surface area contributed by atoms with E-state index in [1.165, 1.54) is 26.0 Å². The number of amides is 2. The largest absolute Gasteiger partial charge is 0.449 e. The standard InChI is InChI=1S/C22H20Cl2N2O6/c1-13(21(29)25-17-7-3-5-15(23)11-17)31-19(27)9-10-20(28)32-14(2)22(30)26-18-8-4-6-16(24)12-18/h3-14H,1-2H3,(H,25,29)(H,26,30)/b10-9+. The number of carbonyl (C=O) groups excluding carboxylic acids is 4. The average Bonchev–Trinajstić information content (AvgIpc) is 2.72. The third-order valence-electron chi connectivity index (χ3n) is 3.86. The minimum Gasteiger partial charge on any atom is -0.449 e. The Balaban J connectivity index is 1.79. The van der Waals surface area contributed by atoms with E-state index in [1.54, 1.807) is 36.4 Å². The van der Waals surface area contributed by atoms with Crippen LogP contribution in [0.1, 0.15) is 13.8 Å². The lowest BCUT2D eigenvalue weighted by Crippen LogP contribution is -2.30. The van der Waals surface area contributed by atoms with Crippen molar-refractivity contribution in [2.45, 2.75) is 26.1 Å². The minimum absolute atomic E-state index is 0.435. The van der Waals surface area contributed by atoms with Gasteiger partial charge in [0.05, 0.1) is 0 Å². The van der Waals surface area contributed by atoms with E-state index >= 15 is 0 Å². The molecule has 168 valence electrons. The van der Waals surface area contributed by atoms with Crippen LogP contribution in [0.2, 0.25) is 10.0 Å². The molecule has 10 heteroatoms. The Morgan fingerprint density at radius 3 is 1.47 bits per heavy atom. The Morgan fingerprint density at radius 1 is 0.750 bits per heavy atom. The summed E-state index contributed by atoms with van der Waals surface area (Å²) < 4.78 is 9.87. The highest BCUT2D eigenvalue weighted by molar-refractivity contribution is 6.31. The predicted molar refractivity (Wildman–Crippen MR) is 120 cm³/mol. The molecule has 0 radical (unpaired) electrons. The normalized spacial score (nSPS) is 12.5. The van der Waals surface area contributed by atoms with Crippen LogP contribution in [0.3, 0.4) is 0 Å². The summed E-state index contributed by atoms with van der Waals surface area (Å²) in [5, 5.41) is 5.96. The van der Waals surface area contributed by atoms with Gasteiger partial charge in [0, 0.05) is 33.6 Å². The van der Waals surface area contributed by atoms with E-state index in [4.69, 9.17) is 32.7 Å². The fourth-order valence-corrected chi connectivity index (χ4v) is 2.67. The first-order valence-electron chi connectivity index (χ1n) is 9.36. The maximum absolute atomic E-state index is 12.1. The number of hydrogen-bond acceptors (Lipinski definition) is 6. The molecule has 0 aliphatic rings. The third-order valence-corrected chi connectivity index (χ3v) is 4.33. The molecule has 0 aliphatic carbocycles. The van der Waals surface area contributed by atoms with Crippen molar-refractivity contribution in [2.24, 2.45) is 0 Å². The average molecular weight is 479 g/mol. The molecule has 0 fully saturated rings. The summed E-state index contributed by atoms with van der Waals surface area (Å²) >= 11 is 11.7. The maximum atomic E-state index is 12.1. The van der Waals surface area contributed by atoms with Crippen molar-refractivity contribution in [3.05, 3.63) is 70.7 Å². The van der Waals surface area contributed by atoms with Crippen LogP contribution in [0.5, 0.6) is 0 Å². The zero-order valence-corrected chi connectivity index (χ0v) is 18.6. The molecule has 32 heavy (non-hydrogen) atoms. The number of nitrogens with one attached hydrogen (secondary N) is 2. The van der Waals surface area contributed by atoms with E-state index in [1.807, 2.05) is 0 Å². The van der Waals surface area contributed by atoms with Crippen molar-refractivity contribution < 1.29 is 28.7 Å². The number of carbonyl (C=O) groups is 4. The van der Waals surface area contributed by atoms with Crippen LogP contribution in [0.15, 0.2) is 60.7 Å². The van der Waals surface area contributed by atoms with Gasteiger partial charge in [-0.2, -0.15) is 0 Å². The first-order chi connectivity index (χ1) is 15.1. The van der Waals surface area contributed by atoms with Gasteiger partial charge in [-0.05, 0) is 50.2 Å². The lowest BCUT2D eigenvalue weighted by molar-refractivity contribution is -0.149. The summed E-state index contributed by atoms with van der Waals surface area (Å²) in [6.45, 7) is 2.73. The molecule has 0 spiro atoms. The molecule has 2 unspecified atom stereocenters. The van der Waals surface area contributed by atoms with Crippen LogP contribution in [0.4, 0.5) is 11.4 Å². The molecule has 2 atom stereocenters. The van der Waals surface area contributed by atoms with Gasteiger partial charge in [0.15, 0.2) is 12.2 Å². The van der Waals surface area contributed by atoms with E-state index in [-0.39, 0.29) is 0 Å². The van der Waals surface area contributed by atoms with Crippen molar-refractivity contribution in [3.63, 3.8) is 0 Å². The van der Waals surface area contributed by atoms with Crippen molar-refractivity contribution in [1.82, 2.24) is 0 Å². The van der Waals surface area contributed by atoms with E-state index in [0.717, 1.165) is 12.2 Å². The van der Waals surface area contributed by atoms with Crippen molar-refractivity contribution in [2.75, 3.05) is 10.6 Å². The monoisotopic (exact) mass is 478 g/mol. The van der Waals surface area contributed by atoms with Gasteiger partial charge < -0.3 is 20.1 Å². The molecule has 2 rings (SSSR count). The Morgan fingerprint density at radius 2 is 1.12 bits per heavy atom. The van der Waals surface area contributed by atoms with Crippen molar-refractivity contribution in [1.29, 1.82) is 0 Å². The number of hydrogen-bond donors (Lipinski definition) is 2. The van der Waals surface area contributed by atoms with Crippen molar-refractivity contribution in [3.8, 4) is 0 Å². The van der Waals surface area contributed by atoms with Crippen LogP contribution in [-0.2, 0) is 28.7 Å². The first kappa shape index (κ1) is 24.9. The molecule has 0 saturated heterocycles. The van der Waals surface area contributed by atoms with Crippen molar-refractivity contribution >= 4 is 58.3 Å². The fraction of sp³-hybridized carbons (Fsp3) is 0.182. The zero-order valence-electron chi connectivity index (χ0n) is 17.1. The molecule has 0 aliphatic heterocycles. The molecule has 0 saturated carbocycles. The van der Waals surface area contributed by atoms with E-state index in [0.29, 0.717) is 21.4 Å². The quantitative estimate of drug-likeness (QED) is 0.438. The Kier molecular flexibility index (Phi) is 9.24. The Bertz CT molecular complexity index is 959. The first-order valence-corrected chi connectivity index (χ1v) is 10.1. The second kappa shape index (κ2) is 11.9. The van der Waals surface area contributed by atoms with Gasteiger partial charge in [-0.15, -0.1) is 0 Å². The van der Waals surface area contributed by atoms with Gasteiger partial charge in [-0.1, -0.05) is 35.3 Å². The molecule has 0 aromatic heterocycles. The Hall–Kier alpha value is -3.36. The topological polar surface area (TPSA) is 111 Å². The molecule has 2 N–H and O–H groups in total. The molecule has 2 aromatic rings. The van der Waals surface area contributed by atoms with E-state index < -0.39 is 36.0 Å². The molecular weight excluding hydrogens is 459 g/mol.